The summed E-state index contributed by atoms with van der Waals surface area (Å²) in [5.74, 6) is 1.75. The second kappa shape index (κ2) is 1.16. The maximum atomic E-state index is 6.16. The van der Waals surface area contributed by atoms with E-state index in [2.05, 4.69) is 12.2 Å². The third-order valence-corrected chi connectivity index (χ3v) is 4.15. The van der Waals surface area contributed by atoms with Crippen LogP contribution in [0, 0.1) is 17.3 Å². The first-order chi connectivity index (χ1) is 4.67. The van der Waals surface area contributed by atoms with Gasteiger partial charge in [0.25, 0.3) is 0 Å². The van der Waals surface area contributed by atoms with Crippen LogP contribution in [0.1, 0.15) is 19.8 Å². The van der Waals surface area contributed by atoms with Crippen LogP contribution in [0.15, 0.2) is 0 Å². The maximum Gasteiger partial charge on any atom is 0.0756 e. The van der Waals surface area contributed by atoms with Gasteiger partial charge in [-0.3, -0.25) is 5.32 Å². The molecule has 56 valence electrons. The molecule has 4 fully saturated rings. The highest BCUT2D eigenvalue weighted by atomic mass is 15.3. The predicted molar refractivity (Wildman–Crippen MR) is 39.2 cm³/mol. The summed E-state index contributed by atoms with van der Waals surface area (Å²) < 4.78 is 0. The van der Waals surface area contributed by atoms with Gasteiger partial charge in [-0.1, -0.05) is 6.92 Å². The van der Waals surface area contributed by atoms with Gasteiger partial charge in [0.2, 0.25) is 0 Å². The van der Waals surface area contributed by atoms with Gasteiger partial charge in [0.05, 0.1) is 5.66 Å². The van der Waals surface area contributed by atoms with E-state index in [1.165, 1.54) is 19.4 Å². The average molecular weight is 138 g/mol. The zero-order chi connectivity index (χ0) is 6.98. The summed E-state index contributed by atoms with van der Waals surface area (Å²) >= 11 is 0. The van der Waals surface area contributed by atoms with E-state index in [0.717, 1.165) is 11.8 Å². The SMILES string of the molecule is CC12CC3CNC1(N)C2C3. The Labute approximate surface area is 61.2 Å². The van der Waals surface area contributed by atoms with Crippen LogP contribution in [-0.4, -0.2) is 12.2 Å². The highest BCUT2D eigenvalue weighted by Crippen LogP contribution is 2.71. The topological polar surface area (TPSA) is 38.0 Å². The number of rotatable bonds is 0. The molecule has 3 N–H and O–H groups in total. The van der Waals surface area contributed by atoms with Gasteiger partial charge >= 0.3 is 0 Å². The van der Waals surface area contributed by atoms with Gasteiger partial charge in [-0.15, -0.1) is 0 Å². The highest BCUT2D eigenvalue weighted by molar-refractivity contribution is 5.29. The van der Waals surface area contributed by atoms with Gasteiger partial charge in [-0.05, 0) is 31.2 Å². The molecule has 0 spiro atoms. The molecule has 2 heterocycles. The molecule has 0 radical (unpaired) electrons. The third kappa shape index (κ3) is 0.330. The fraction of sp³-hybridized carbons (Fsp3) is 1.00. The van der Waals surface area contributed by atoms with E-state index in [-0.39, 0.29) is 5.66 Å². The van der Waals surface area contributed by atoms with Gasteiger partial charge in [0.1, 0.15) is 0 Å². The molecule has 10 heavy (non-hydrogen) atoms. The Kier molecular flexibility index (Phi) is 0.647. The average Bonchev–Trinajstić information content (AvgIpc) is 2.27. The van der Waals surface area contributed by atoms with Gasteiger partial charge in [0.15, 0.2) is 0 Å². The minimum atomic E-state index is 0.0573. The highest BCUT2D eigenvalue weighted by Gasteiger charge is 2.77. The fourth-order valence-electron chi connectivity index (χ4n) is 3.38. The number of fused-ring (bicyclic) bond motifs is 1. The van der Waals surface area contributed by atoms with Gasteiger partial charge in [-0.2, -0.15) is 0 Å². The molecular weight excluding hydrogens is 124 g/mol. The molecule has 2 heteroatoms. The predicted octanol–water partition coefficient (Wildman–Crippen LogP) is 0.291. The second-order valence-corrected chi connectivity index (χ2v) is 4.53. The lowest BCUT2D eigenvalue weighted by Crippen LogP contribution is -2.53. The van der Waals surface area contributed by atoms with E-state index in [0.29, 0.717) is 5.41 Å². The molecule has 0 aromatic rings. The van der Waals surface area contributed by atoms with Crippen molar-refractivity contribution in [2.24, 2.45) is 23.0 Å². The van der Waals surface area contributed by atoms with Crippen molar-refractivity contribution >= 4 is 0 Å². The number of nitrogens with two attached hydrogens (primary N) is 1. The van der Waals surface area contributed by atoms with Crippen LogP contribution in [0.3, 0.4) is 0 Å². The van der Waals surface area contributed by atoms with E-state index in [9.17, 15) is 0 Å². The number of hydrogen-bond acceptors (Lipinski definition) is 2. The smallest absolute Gasteiger partial charge is 0.0756 e. The van der Waals surface area contributed by atoms with Crippen LogP contribution in [0.2, 0.25) is 0 Å². The number of piperidine rings is 2. The molecule has 0 aromatic heterocycles. The van der Waals surface area contributed by atoms with Crippen molar-refractivity contribution in [2.45, 2.75) is 25.4 Å². The maximum absolute atomic E-state index is 6.16. The van der Waals surface area contributed by atoms with E-state index in [1.54, 1.807) is 0 Å². The Morgan fingerprint density at radius 1 is 1.60 bits per heavy atom. The van der Waals surface area contributed by atoms with Crippen molar-refractivity contribution in [2.75, 3.05) is 6.54 Å². The van der Waals surface area contributed by atoms with Gasteiger partial charge in [0, 0.05) is 5.41 Å². The van der Waals surface area contributed by atoms with Crippen LogP contribution in [0.4, 0.5) is 0 Å². The lowest BCUT2D eigenvalue weighted by atomic mass is 9.90. The number of hydrogen-bond donors (Lipinski definition) is 2. The Hall–Kier alpha value is -0.0800. The summed E-state index contributed by atoms with van der Waals surface area (Å²) in [6.07, 6.45) is 2.77. The van der Waals surface area contributed by atoms with Gasteiger partial charge in [-0.25, -0.2) is 0 Å². The molecule has 4 atom stereocenters. The van der Waals surface area contributed by atoms with E-state index < -0.39 is 0 Å². The van der Waals surface area contributed by atoms with Crippen LogP contribution in [0.5, 0.6) is 0 Å². The van der Waals surface area contributed by atoms with E-state index in [4.69, 9.17) is 5.73 Å². The van der Waals surface area contributed by atoms with Crippen molar-refractivity contribution in [3.05, 3.63) is 0 Å². The second-order valence-electron chi connectivity index (χ2n) is 4.53. The number of nitrogens with one attached hydrogen (secondary N) is 1. The molecule has 0 amide bonds. The summed E-state index contributed by atoms with van der Waals surface area (Å²) in [4.78, 5) is 0. The standard InChI is InChI=1S/C8H14N2/c1-7-3-5-2-6(7)8(7,9)10-4-5/h5-6,10H,2-4,9H2,1H3. The molecular formula is C8H14N2. The van der Waals surface area contributed by atoms with E-state index >= 15 is 0 Å². The molecule has 4 aliphatic rings. The van der Waals surface area contributed by atoms with Crippen LogP contribution in [-0.2, 0) is 0 Å². The Morgan fingerprint density at radius 2 is 2.40 bits per heavy atom. The zero-order valence-electron chi connectivity index (χ0n) is 6.35. The first kappa shape index (κ1) is 5.56. The molecule has 2 nitrogen and oxygen atoms in total. The van der Waals surface area contributed by atoms with Crippen molar-refractivity contribution < 1.29 is 0 Å². The molecule has 2 saturated heterocycles. The molecule has 2 saturated carbocycles. The fourth-order valence-corrected chi connectivity index (χ4v) is 3.38. The van der Waals surface area contributed by atoms with E-state index in [1.807, 2.05) is 0 Å². The Balaban J connectivity index is 2.06. The Morgan fingerprint density at radius 3 is 2.70 bits per heavy atom. The molecule has 2 aliphatic heterocycles. The summed E-state index contributed by atoms with van der Waals surface area (Å²) in [5, 5.41) is 3.45. The molecule has 2 aliphatic carbocycles. The molecule has 4 bridgehead atoms. The van der Waals surface area contributed by atoms with Crippen LogP contribution < -0.4 is 11.1 Å². The van der Waals surface area contributed by atoms with Crippen LogP contribution >= 0.6 is 0 Å². The minimum absolute atomic E-state index is 0.0573. The van der Waals surface area contributed by atoms with Crippen molar-refractivity contribution in [1.82, 2.24) is 5.32 Å². The first-order valence-electron chi connectivity index (χ1n) is 4.21. The van der Waals surface area contributed by atoms with Crippen molar-refractivity contribution in [1.29, 1.82) is 0 Å². The third-order valence-electron chi connectivity index (χ3n) is 4.15. The molecule has 4 unspecified atom stereocenters. The molecule has 4 rings (SSSR count). The van der Waals surface area contributed by atoms with Crippen molar-refractivity contribution in [3.63, 3.8) is 0 Å². The quantitative estimate of drug-likeness (QED) is 0.505. The lowest BCUT2D eigenvalue weighted by Gasteiger charge is -2.32. The summed E-state index contributed by atoms with van der Waals surface area (Å²) in [6.45, 7) is 3.51. The molecule has 0 aromatic carbocycles. The minimum Gasteiger partial charge on any atom is -0.313 e. The normalized spacial score (nSPS) is 70.2. The largest absolute Gasteiger partial charge is 0.313 e. The van der Waals surface area contributed by atoms with Gasteiger partial charge < -0.3 is 5.73 Å². The first-order valence-corrected chi connectivity index (χ1v) is 4.21. The summed E-state index contributed by atoms with van der Waals surface area (Å²) in [6, 6.07) is 0. The Bertz CT molecular complexity index is 195. The lowest BCUT2D eigenvalue weighted by molar-refractivity contribution is 0.228. The zero-order valence-corrected chi connectivity index (χ0v) is 6.35. The van der Waals surface area contributed by atoms with Crippen molar-refractivity contribution in [3.8, 4) is 0 Å². The summed E-state index contributed by atoms with van der Waals surface area (Å²) in [5.41, 5.74) is 6.70. The summed E-state index contributed by atoms with van der Waals surface area (Å²) in [7, 11) is 0. The van der Waals surface area contributed by atoms with Crippen LogP contribution in [0.25, 0.3) is 0 Å². The monoisotopic (exact) mass is 138 g/mol.